The van der Waals surface area contributed by atoms with Gasteiger partial charge in [0.05, 0.1) is 7.11 Å². The number of hydrogen-bond acceptors (Lipinski definition) is 3. The first-order chi connectivity index (χ1) is 7.72. The molecule has 1 aromatic rings. The lowest BCUT2D eigenvalue weighted by Crippen LogP contribution is -2.46. The second-order valence-electron chi connectivity index (χ2n) is 5.58. The third-order valence-corrected chi connectivity index (χ3v) is 4.11. The van der Waals surface area contributed by atoms with Gasteiger partial charge in [0.2, 0.25) is 0 Å². The van der Waals surface area contributed by atoms with Gasteiger partial charge in [0, 0.05) is 11.3 Å². The van der Waals surface area contributed by atoms with E-state index in [1.54, 1.807) is 7.11 Å². The highest BCUT2D eigenvalue weighted by atomic mass is 28.4. The molecule has 0 saturated carbocycles. The number of anilines is 1. The topological polar surface area (TPSA) is 30.5 Å². The largest absolute Gasteiger partial charge is 0.497 e. The molecule has 0 heterocycles. The van der Waals surface area contributed by atoms with Crippen LogP contribution in [0, 0.1) is 0 Å². The summed E-state index contributed by atoms with van der Waals surface area (Å²) < 4.78 is 11.2. The first-order valence-electron chi connectivity index (χ1n) is 5.84. The van der Waals surface area contributed by atoms with Gasteiger partial charge in [-0.05, 0) is 58.1 Å². The molecule has 0 aromatic heterocycles. The second kappa shape index (κ2) is 5.10. The van der Waals surface area contributed by atoms with Gasteiger partial charge < -0.3 is 14.1 Å². The number of nitrogens with one attached hydrogen (secondary N) is 1. The van der Waals surface area contributed by atoms with Crippen molar-refractivity contribution in [1.29, 1.82) is 0 Å². The highest BCUT2D eigenvalue weighted by Gasteiger charge is 2.29. The van der Waals surface area contributed by atoms with Crippen LogP contribution in [-0.2, 0) is 4.43 Å². The summed E-state index contributed by atoms with van der Waals surface area (Å²) >= 11 is 0. The number of rotatable bonds is 4. The van der Waals surface area contributed by atoms with Crippen molar-refractivity contribution in [3.63, 3.8) is 0 Å². The summed E-state index contributed by atoms with van der Waals surface area (Å²) in [6.45, 7) is 10.6. The predicted octanol–water partition coefficient (Wildman–Crippen LogP) is 3.62. The lowest BCUT2D eigenvalue weighted by atomic mass is 10.2. The Hall–Kier alpha value is -1.00. The molecule has 0 aliphatic rings. The van der Waals surface area contributed by atoms with Gasteiger partial charge in [-0.2, -0.15) is 0 Å². The summed E-state index contributed by atoms with van der Waals surface area (Å²) in [7, 11) is -0.227. The molecule has 0 aliphatic carbocycles. The number of benzene rings is 1. The van der Waals surface area contributed by atoms with Crippen LogP contribution in [0.15, 0.2) is 24.3 Å². The first kappa shape index (κ1) is 14.1. The average molecular weight is 253 g/mol. The van der Waals surface area contributed by atoms with Crippen LogP contribution in [0.4, 0.5) is 5.69 Å². The number of methoxy groups -OCH3 is 1. The lowest BCUT2D eigenvalue weighted by molar-refractivity contribution is 0.122. The summed E-state index contributed by atoms with van der Waals surface area (Å²) in [5.74, 6) is 0.867. The Morgan fingerprint density at radius 2 is 1.59 bits per heavy atom. The van der Waals surface area contributed by atoms with E-state index in [0.717, 1.165) is 11.4 Å². The van der Waals surface area contributed by atoms with Crippen molar-refractivity contribution >= 4 is 14.2 Å². The Balaban J connectivity index is 2.69. The van der Waals surface area contributed by atoms with E-state index in [4.69, 9.17) is 9.16 Å². The van der Waals surface area contributed by atoms with Gasteiger partial charge in [-0.15, -0.1) is 0 Å². The molecule has 0 bridgehead atoms. The molecular weight excluding hydrogens is 230 g/mol. The SMILES string of the molecule is COc1ccc(N[Si](C)(C)OC(C)(C)C)cc1. The summed E-state index contributed by atoms with van der Waals surface area (Å²) in [6.07, 6.45) is 0. The van der Waals surface area contributed by atoms with E-state index in [9.17, 15) is 0 Å². The van der Waals surface area contributed by atoms with Crippen molar-refractivity contribution < 1.29 is 9.16 Å². The van der Waals surface area contributed by atoms with Crippen LogP contribution in [0.3, 0.4) is 0 Å². The van der Waals surface area contributed by atoms with Crippen LogP contribution in [0.25, 0.3) is 0 Å². The van der Waals surface area contributed by atoms with Crippen LogP contribution < -0.4 is 9.72 Å². The standard InChI is InChI=1S/C13H23NO2Si/c1-13(2,3)16-17(5,6)14-11-7-9-12(15-4)10-8-11/h7-10,14H,1-6H3. The third kappa shape index (κ3) is 5.24. The monoisotopic (exact) mass is 253 g/mol. The zero-order valence-electron chi connectivity index (χ0n) is 11.6. The van der Waals surface area contributed by atoms with E-state index >= 15 is 0 Å². The van der Waals surface area contributed by atoms with E-state index in [1.807, 2.05) is 24.3 Å². The minimum Gasteiger partial charge on any atom is -0.497 e. The van der Waals surface area contributed by atoms with Crippen LogP contribution in [0.1, 0.15) is 20.8 Å². The quantitative estimate of drug-likeness (QED) is 0.831. The molecular formula is C13H23NO2Si. The second-order valence-corrected chi connectivity index (χ2v) is 9.05. The zero-order valence-corrected chi connectivity index (χ0v) is 12.6. The minimum absolute atomic E-state index is 0.116. The number of ether oxygens (including phenoxy) is 1. The van der Waals surface area contributed by atoms with Crippen LogP contribution >= 0.6 is 0 Å². The van der Waals surface area contributed by atoms with E-state index in [2.05, 4.69) is 38.8 Å². The van der Waals surface area contributed by atoms with Gasteiger partial charge in [0.25, 0.3) is 8.48 Å². The van der Waals surface area contributed by atoms with Gasteiger partial charge in [-0.3, -0.25) is 0 Å². The fourth-order valence-electron chi connectivity index (χ4n) is 1.81. The molecule has 0 spiro atoms. The molecule has 17 heavy (non-hydrogen) atoms. The maximum Gasteiger partial charge on any atom is 0.292 e. The Morgan fingerprint density at radius 1 is 1.06 bits per heavy atom. The highest BCUT2D eigenvalue weighted by Crippen LogP contribution is 2.21. The first-order valence-corrected chi connectivity index (χ1v) is 8.75. The van der Waals surface area contributed by atoms with Crippen molar-refractivity contribution in [1.82, 2.24) is 0 Å². The van der Waals surface area contributed by atoms with Crippen LogP contribution in [0.2, 0.25) is 13.1 Å². The summed E-state index contributed by atoms with van der Waals surface area (Å²) in [6, 6.07) is 7.92. The predicted molar refractivity (Wildman–Crippen MR) is 74.9 cm³/mol. The smallest absolute Gasteiger partial charge is 0.292 e. The van der Waals surface area contributed by atoms with Crippen LogP contribution in [-0.4, -0.2) is 21.2 Å². The maximum absolute atomic E-state index is 6.08. The Labute approximate surface area is 105 Å². The molecule has 96 valence electrons. The number of hydrogen-bond donors (Lipinski definition) is 1. The minimum atomic E-state index is -1.90. The third-order valence-electron chi connectivity index (χ3n) is 2.10. The van der Waals surface area contributed by atoms with Crippen molar-refractivity contribution in [3.8, 4) is 5.75 Å². The van der Waals surface area contributed by atoms with Gasteiger partial charge >= 0.3 is 0 Å². The molecule has 0 aliphatic heterocycles. The van der Waals surface area contributed by atoms with Gasteiger partial charge in [-0.25, -0.2) is 0 Å². The van der Waals surface area contributed by atoms with Crippen molar-refractivity contribution in [3.05, 3.63) is 24.3 Å². The molecule has 0 radical (unpaired) electrons. The molecule has 3 nitrogen and oxygen atoms in total. The molecule has 0 fully saturated rings. The molecule has 4 heteroatoms. The molecule has 1 N–H and O–H groups in total. The summed E-state index contributed by atoms with van der Waals surface area (Å²) in [5.41, 5.74) is 0.960. The molecule has 0 saturated heterocycles. The van der Waals surface area contributed by atoms with E-state index < -0.39 is 8.48 Å². The van der Waals surface area contributed by atoms with E-state index in [1.165, 1.54) is 0 Å². The summed E-state index contributed by atoms with van der Waals surface area (Å²) in [4.78, 5) is 3.49. The zero-order chi connectivity index (χ0) is 13.1. The van der Waals surface area contributed by atoms with Crippen LogP contribution in [0.5, 0.6) is 5.75 Å². The van der Waals surface area contributed by atoms with E-state index in [0.29, 0.717) is 0 Å². The molecule has 1 aromatic carbocycles. The molecule has 0 amide bonds. The lowest BCUT2D eigenvalue weighted by Gasteiger charge is -2.33. The van der Waals surface area contributed by atoms with E-state index in [-0.39, 0.29) is 5.60 Å². The van der Waals surface area contributed by atoms with Gasteiger partial charge in [0.15, 0.2) is 0 Å². The maximum atomic E-state index is 6.08. The van der Waals surface area contributed by atoms with Crippen molar-refractivity contribution in [2.75, 3.05) is 12.1 Å². The molecule has 1 rings (SSSR count). The normalized spacial score (nSPS) is 12.4. The Kier molecular flexibility index (Phi) is 4.22. The summed E-state index contributed by atoms with van der Waals surface area (Å²) in [5, 5.41) is 0. The van der Waals surface area contributed by atoms with Crippen molar-refractivity contribution in [2.24, 2.45) is 0 Å². The average Bonchev–Trinajstić information content (AvgIpc) is 2.14. The van der Waals surface area contributed by atoms with Crippen molar-refractivity contribution in [2.45, 2.75) is 39.5 Å². The van der Waals surface area contributed by atoms with Gasteiger partial charge in [-0.1, -0.05) is 0 Å². The highest BCUT2D eigenvalue weighted by molar-refractivity contribution is 6.74. The Morgan fingerprint density at radius 3 is 2.00 bits per heavy atom. The fraction of sp³-hybridized carbons (Fsp3) is 0.538. The Bertz CT molecular complexity index is 355. The molecule has 0 atom stereocenters. The molecule has 0 unspecified atom stereocenters. The fourth-order valence-corrected chi connectivity index (χ4v) is 4.26. The van der Waals surface area contributed by atoms with Gasteiger partial charge in [0.1, 0.15) is 5.75 Å².